The summed E-state index contributed by atoms with van der Waals surface area (Å²) >= 11 is 0. The molecule has 5 nitrogen and oxygen atoms in total. The SMILES string of the molecule is CCOC(=O)CN(c1cccc2ccccc12)S(=O)(=O)CC. The zero-order valence-electron chi connectivity index (χ0n) is 12.7. The first-order valence-corrected chi connectivity index (χ1v) is 8.74. The summed E-state index contributed by atoms with van der Waals surface area (Å²) in [6.07, 6.45) is 0. The number of nitrogens with zero attached hydrogens (tertiary/aromatic N) is 1. The summed E-state index contributed by atoms with van der Waals surface area (Å²) in [5.41, 5.74) is 0.494. The van der Waals surface area contributed by atoms with Crippen LogP contribution in [0.1, 0.15) is 13.8 Å². The van der Waals surface area contributed by atoms with Gasteiger partial charge >= 0.3 is 5.97 Å². The Morgan fingerprint density at radius 3 is 2.45 bits per heavy atom. The first-order chi connectivity index (χ1) is 10.5. The van der Waals surface area contributed by atoms with Crippen molar-refractivity contribution in [2.45, 2.75) is 13.8 Å². The number of hydrogen-bond donors (Lipinski definition) is 0. The summed E-state index contributed by atoms with van der Waals surface area (Å²) in [5.74, 6) is -0.650. The fraction of sp³-hybridized carbons (Fsp3) is 0.312. The van der Waals surface area contributed by atoms with Crippen molar-refractivity contribution in [2.24, 2.45) is 0 Å². The number of carbonyl (C=O) groups is 1. The Labute approximate surface area is 130 Å². The van der Waals surface area contributed by atoms with Gasteiger partial charge in [-0.2, -0.15) is 0 Å². The first-order valence-electron chi connectivity index (χ1n) is 7.13. The molecule has 2 rings (SSSR count). The second-order valence-electron chi connectivity index (χ2n) is 4.71. The van der Waals surface area contributed by atoms with Crippen LogP contribution in [-0.2, 0) is 19.6 Å². The van der Waals surface area contributed by atoms with Crippen LogP contribution in [-0.4, -0.2) is 33.3 Å². The standard InChI is InChI=1S/C16H19NO4S/c1-3-21-16(18)12-17(22(19,20)4-2)15-11-7-9-13-8-5-6-10-14(13)15/h5-11H,3-4,12H2,1-2H3. The van der Waals surface area contributed by atoms with Gasteiger partial charge in [0, 0.05) is 5.39 Å². The van der Waals surface area contributed by atoms with E-state index in [2.05, 4.69) is 0 Å². The highest BCUT2D eigenvalue weighted by Gasteiger charge is 2.25. The maximum Gasteiger partial charge on any atom is 0.326 e. The number of ether oxygens (including phenoxy) is 1. The van der Waals surface area contributed by atoms with Gasteiger partial charge in [-0.3, -0.25) is 9.10 Å². The highest BCUT2D eigenvalue weighted by molar-refractivity contribution is 7.92. The van der Waals surface area contributed by atoms with E-state index in [9.17, 15) is 13.2 Å². The predicted octanol–water partition coefficient (Wildman–Crippen LogP) is 2.56. The Balaban J connectivity index is 2.54. The van der Waals surface area contributed by atoms with Crippen LogP contribution in [0.2, 0.25) is 0 Å². The molecule has 2 aromatic rings. The molecule has 22 heavy (non-hydrogen) atoms. The molecule has 0 N–H and O–H groups in total. The van der Waals surface area contributed by atoms with Gasteiger partial charge in [-0.05, 0) is 25.3 Å². The minimum atomic E-state index is -3.59. The molecule has 6 heteroatoms. The second kappa shape index (κ2) is 6.79. The molecule has 118 valence electrons. The van der Waals surface area contributed by atoms with Crippen molar-refractivity contribution in [3.05, 3.63) is 42.5 Å². The van der Waals surface area contributed by atoms with Crippen molar-refractivity contribution in [1.82, 2.24) is 0 Å². The van der Waals surface area contributed by atoms with Gasteiger partial charge in [0.15, 0.2) is 0 Å². The van der Waals surface area contributed by atoms with E-state index < -0.39 is 16.0 Å². The fourth-order valence-corrected chi connectivity index (χ4v) is 3.31. The van der Waals surface area contributed by atoms with E-state index in [0.717, 1.165) is 15.1 Å². The van der Waals surface area contributed by atoms with Crippen LogP contribution in [0, 0.1) is 0 Å². The Morgan fingerprint density at radius 1 is 1.09 bits per heavy atom. The van der Waals surface area contributed by atoms with Crippen molar-refractivity contribution >= 4 is 32.5 Å². The largest absolute Gasteiger partial charge is 0.465 e. The lowest BCUT2D eigenvalue weighted by atomic mass is 10.1. The second-order valence-corrected chi connectivity index (χ2v) is 6.89. The van der Waals surface area contributed by atoms with Crippen molar-refractivity contribution in [1.29, 1.82) is 0 Å². The summed E-state index contributed by atoms with van der Waals surface area (Å²) in [5, 5.41) is 1.70. The molecule has 0 amide bonds. The summed E-state index contributed by atoms with van der Waals surface area (Å²) in [6.45, 7) is 3.14. The number of carbonyl (C=O) groups excluding carboxylic acids is 1. The molecule has 0 aliphatic carbocycles. The van der Waals surface area contributed by atoms with Crippen LogP contribution < -0.4 is 4.31 Å². The number of hydrogen-bond acceptors (Lipinski definition) is 4. The van der Waals surface area contributed by atoms with Gasteiger partial charge in [-0.15, -0.1) is 0 Å². The lowest BCUT2D eigenvalue weighted by Gasteiger charge is -2.24. The fourth-order valence-electron chi connectivity index (χ4n) is 2.24. The Hall–Kier alpha value is -2.08. The lowest BCUT2D eigenvalue weighted by molar-refractivity contribution is -0.141. The van der Waals surface area contributed by atoms with Gasteiger partial charge in [-0.1, -0.05) is 36.4 Å². The molecule has 0 aliphatic rings. The van der Waals surface area contributed by atoms with Crippen molar-refractivity contribution in [3.63, 3.8) is 0 Å². The monoisotopic (exact) mass is 321 g/mol. The van der Waals surface area contributed by atoms with Crippen LogP contribution in [0.4, 0.5) is 5.69 Å². The Kier molecular flexibility index (Phi) is 5.03. The Morgan fingerprint density at radius 2 is 1.77 bits per heavy atom. The topological polar surface area (TPSA) is 63.7 Å². The van der Waals surface area contributed by atoms with Gasteiger partial charge in [0.2, 0.25) is 10.0 Å². The molecule has 0 atom stereocenters. The van der Waals surface area contributed by atoms with Crippen LogP contribution in [0.5, 0.6) is 0 Å². The minimum absolute atomic E-state index is 0.0877. The number of esters is 1. The molecule has 0 saturated heterocycles. The summed E-state index contributed by atoms with van der Waals surface area (Å²) < 4.78 is 30.8. The third kappa shape index (κ3) is 3.39. The van der Waals surface area contributed by atoms with E-state index in [-0.39, 0.29) is 18.9 Å². The highest BCUT2D eigenvalue weighted by atomic mass is 32.2. The molecular formula is C16H19NO4S. The smallest absolute Gasteiger partial charge is 0.326 e. The van der Waals surface area contributed by atoms with Crippen molar-refractivity contribution < 1.29 is 17.9 Å². The van der Waals surface area contributed by atoms with Gasteiger partial charge < -0.3 is 4.74 Å². The first kappa shape index (κ1) is 16.3. The molecule has 0 unspecified atom stereocenters. The Bertz CT molecular complexity index is 765. The van der Waals surface area contributed by atoms with Gasteiger partial charge in [0.25, 0.3) is 0 Å². The molecule has 2 aromatic carbocycles. The van der Waals surface area contributed by atoms with E-state index in [1.807, 2.05) is 30.3 Å². The molecule has 0 aromatic heterocycles. The van der Waals surface area contributed by atoms with Gasteiger partial charge in [0.05, 0.1) is 18.0 Å². The summed E-state index contributed by atoms with van der Waals surface area (Å²) in [6, 6.07) is 12.9. The molecule has 0 bridgehead atoms. The van der Waals surface area contributed by atoms with Crippen LogP contribution in [0.15, 0.2) is 42.5 Å². The molecule has 0 spiro atoms. The average molecular weight is 321 g/mol. The maximum atomic E-state index is 12.4. The quantitative estimate of drug-likeness (QED) is 0.767. The zero-order valence-corrected chi connectivity index (χ0v) is 13.5. The predicted molar refractivity (Wildman–Crippen MR) is 87.4 cm³/mol. The molecule has 0 heterocycles. The van der Waals surface area contributed by atoms with Gasteiger partial charge in [-0.25, -0.2) is 8.42 Å². The molecule has 0 saturated carbocycles. The van der Waals surface area contributed by atoms with E-state index in [4.69, 9.17) is 4.74 Å². The van der Waals surface area contributed by atoms with Crippen molar-refractivity contribution in [2.75, 3.05) is 23.2 Å². The summed E-state index contributed by atoms with van der Waals surface area (Å²) in [4.78, 5) is 11.8. The molecule has 0 aliphatic heterocycles. The number of anilines is 1. The van der Waals surface area contributed by atoms with E-state index in [1.165, 1.54) is 0 Å². The third-order valence-electron chi connectivity index (χ3n) is 3.31. The number of sulfonamides is 1. The summed E-state index contributed by atoms with van der Waals surface area (Å²) in [7, 11) is -3.59. The minimum Gasteiger partial charge on any atom is -0.465 e. The molecule has 0 radical (unpaired) electrons. The van der Waals surface area contributed by atoms with Gasteiger partial charge in [0.1, 0.15) is 6.54 Å². The van der Waals surface area contributed by atoms with Crippen LogP contribution in [0.3, 0.4) is 0 Å². The van der Waals surface area contributed by atoms with Crippen LogP contribution in [0.25, 0.3) is 10.8 Å². The normalized spacial score (nSPS) is 11.4. The van der Waals surface area contributed by atoms with Crippen molar-refractivity contribution in [3.8, 4) is 0 Å². The molecular weight excluding hydrogens is 302 g/mol. The number of benzene rings is 2. The van der Waals surface area contributed by atoms with E-state index in [1.54, 1.807) is 26.0 Å². The highest BCUT2D eigenvalue weighted by Crippen LogP contribution is 2.28. The number of rotatable bonds is 6. The van der Waals surface area contributed by atoms with Crippen LogP contribution >= 0.6 is 0 Å². The maximum absolute atomic E-state index is 12.4. The average Bonchev–Trinajstić information content (AvgIpc) is 2.52. The lowest BCUT2D eigenvalue weighted by Crippen LogP contribution is -2.37. The zero-order chi connectivity index (χ0) is 16.2. The third-order valence-corrected chi connectivity index (χ3v) is 5.04. The van der Waals surface area contributed by atoms with E-state index >= 15 is 0 Å². The van der Waals surface area contributed by atoms with E-state index in [0.29, 0.717) is 5.69 Å². The molecule has 0 fully saturated rings. The number of fused-ring (bicyclic) bond motifs is 1.